The van der Waals surface area contributed by atoms with Crippen molar-refractivity contribution < 1.29 is 19.5 Å². The van der Waals surface area contributed by atoms with E-state index in [0.717, 1.165) is 44.1 Å². The molecule has 5 nitrogen and oxygen atoms in total. The van der Waals surface area contributed by atoms with Gasteiger partial charge in [-0.15, -0.1) is 0 Å². The maximum atomic E-state index is 13.5. The molecular weight excluding hydrogens is 354 g/mol. The molecule has 4 aliphatic rings. The number of ketones is 1. The topological polar surface area (TPSA) is 76.0 Å². The fourth-order valence-corrected chi connectivity index (χ4v) is 7.57. The van der Waals surface area contributed by atoms with Crippen LogP contribution in [-0.4, -0.2) is 28.8 Å². The van der Waals surface area contributed by atoms with E-state index in [1.165, 1.54) is 6.92 Å². The number of hydrogen-bond acceptors (Lipinski definition) is 5. The lowest BCUT2D eigenvalue weighted by atomic mass is 9.44. The molecule has 0 unspecified atom stereocenters. The predicted octanol–water partition coefficient (Wildman–Crippen LogP) is 4.53. The largest absolute Gasteiger partial charge is 0.463 e. The van der Waals surface area contributed by atoms with Crippen molar-refractivity contribution in [2.75, 3.05) is 0 Å². The highest BCUT2D eigenvalue weighted by Gasteiger charge is 2.62. The summed E-state index contributed by atoms with van der Waals surface area (Å²) < 4.78 is 5.52. The number of nitrogens with zero attached hydrogens (tertiary/aromatic N) is 1. The molecular formula is C23H33NO4. The number of hydrogen-bond donors (Lipinski definition) is 1. The molecule has 0 radical (unpaired) electrons. The number of rotatable bonds is 2. The molecule has 154 valence electrons. The second-order valence-corrected chi connectivity index (χ2v) is 10.1. The summed E-state index contributed by atoms with van der Waals surface area (Å²) in [5, 5.41) is 12.7. The van der Waals surface area contributed by atoms with Crippen molar-refractivity contribution in [3.05, 3.63) is 11.6 Å². The molecule has 0 saturated heterocycles. The number of carbonyl (C=O) groups excluding carboxylic acids is 2. The normalized spacial score (nSPS) is 45.6. The molecule has 0 aromatic carbocycles. The van der Waals surface area contributed by atoms with E-state index in [-0.39, 0.29) is 28.8 Å². The van der Waals surface area contributed by atoms with Gasteiger partial charge in [0.2, 0.25) is 0 Å². The molecule has 0 heterocycles. The number of esters is 1. The highest BCUT2D eigenvalue weighted by atomic mass is 16.5. The Morgan fingerprint density at radius 1 is 1.25 bits per heavy atom. The Kier molecular flexibility index (Phi) is 4.71. The first-order chi connectivity index (χ1) is 13.2. The predicted molar refractivity (Wildman–Crippen MR) is 106 cm³/mol. The van der Waals surface area contributed by atoms with E-state index in [0.29, 0.717) is 35.7 Å². The molecule has 28 heavy (non-hydrogen) atoms. The summed E-state index contributed by atoms with van der Waals surface area (Å²) in [6.45, 7) is 7.84. The second-order valence-electron chi connectivity index (χ2n) is 10.1. The van der Waals surface area contributed by atoms with Crippen molar-refractivity contribution in [2.24, 2.45) is 39.7 Å². The summed E-state index contributed by atoms with van der Waals surface area (Å²) in [4.78, 5) is 24.9. The summed E-state index contributed by atoms with van der Waals surface area (Å²) in [5.74, 6) is 1.61. The summed E-state index contributed by atoms with van der Waals surface area (Å²) in [7, 11) is 0. The van der Waals surface area contributed by atoms with E-state index >= 15 is 0 Å². The van der Waals surface area contributed by atoms with Crippen LogP contribution in [0.25, 0.3) is 0 Å². The maximum absolute atomic E-state index is 13.5. The lowest BCUT2D eigenvalue weighted by molar-refractivity contribution is -0.166. The lowest BCUT2D eigenvalue weighted by Crippen LogP contribution is -2.57. The Bertz CT molecular complexity index is 756. The third-order valence-electron chi connectivity index (χ3n) is 8.76. The molecule has 0 aliphatic heterocycles. The number of allylic oxidation sites excluding steroid dienone is 2. The Labute approximate surface area is 167 Å². The first-order valence-electron chi connectivity index (χ1n) is 10.8. The van der Waals surface area contributed by atoms with Crippen molar-refractivity contribution in [1.29, 1.82) is 0 Å². The van der Waals surface area contributed by atoms with Gasteiger partial charge < -0.3 is 9.94 Å². The van der Waals surface area contributed by atoms with Gasteiger partial charge in [0, 0.05) is 24.7 Å². The van der Waals surface area contributed by atoms with Gasteiger partial charge in [-0.3, -0.25) is 9.59 Å². The quantitative estimate of drug-likeness (QED) is 0.327. The summed E-state index contributed by atoms with van der Waals surface area (Å²) in [6, 6.07) is 0. The second kappa shape index (κ2) is 6.70. The van der Waals surface area contributed by atoms with Crippen LogP contribution in [0.5, 0.6) is 0 Å². The zero-order valence-electron chi connectivity index (χ0n) is 17.5. The van der Waals surface area contributed by atoms with Crippen LogP contribution in [-0.2, 0) is 14.3 Å². The Morgan fingerprint density at radius 2 is 2.00 bits per heavy atom. The van der Waals surface area contributed by atoms with Crippen LogP contribution in [0, 0.1) is 34.5 Å². The van der Waals surface area contributed by atoms with E-state index < -0.39 is 0 Å². The smallest absolute Gasteiger partial charge is 0.302 e. The van der Waals surface area contributed by atoms with Crippen molar-refractivity contribution in [3.63, 3.8) is 0 Å². The van der Waals surface area contributed by atoms with Crippen molar-refractivity contribution >= 4 is 17.5 Å². The summed E-state index contributed by atoms with van der Waals surface area (Å²) >= 11 is 0. The van der Waals surface area contributed by atoms with Crippen LogP contribution in [0.3, 0.4) is 0 Å². The lowest BCUT2D eigenvalue weighted by Gasteiger charge is -2.59. The first-order valence-corrected chi connectivity index (χ1v) is 10.8. The van der Waals surface area contributed by atoms with Gasteiger partial charge in [-0.25, -0.2) is 0 Å². The summed E-state index contributed by atoms with van der Waals surface area (Å²) in [6.07, 6.45) is 8.65. The highest BCUT2D eigenvalue weighted by molar-refractivity contribution is 6.01. The highest BCUT2D eigenvalue weighted by Crippen LogP contribution is 2.65. The fourth-order valence-electron chi connectivity index (χ4n) is 7.57. The van der Waals surface area contributed by atoms with Crippen LogP contribution < -0.4 is 0 Å². The van der Waals surface area contributed by atoms with Crippen molar-refractivity contribution in [1.82, 2.24) is 0 Å². The fraction of sp³-hybridized carbons (Fsp3) is 0.783. The number of carbonyl (C=O) groups is 2. The minimum atomic E-state index is -0.202. The minimum absolute atomic E-state index is 0.0132. The molecule has 1 N–H and O–H groups in total. The van der Waals surface area contributed by atoms with E-state index in [1.807, 2.05) is 6.92 Å². The van der Waals surface area contributed by atoms with Gasteiger partial charge in [0.15, 0.2) is 0 Å². The Hall–Kier alpha value is -1.65. The third-order valence-corrected chi connectivity index (χ3v) is 8.76. The average Bonchev–Trinajstić information content (AvgIpc) is 2.97. The third kappa shape index (κ3) is 2.76. The molecule has 0 aromatic rings. The summed E-state index contributed by atoms with van der Waals surface area (Å²) in [5.41, 5.74) is 1.53. The van der Waals surface area contributed by atoms with Crippen LogP contribution in [0.2, 0.25) is 0 Å². The van der Waals surface area contributed by atoms with Gasteiger partial charge in [0.25, 0.3) is 0 Å². The molecule has 3 saturated carbocycles. The zero-order chi connectivity index (χ0) is 20.3. The number of ether oxygens (including phenoxy) is 1. The Balaban J connectivity index is 1.60. The van der Waals surface area contributed by atoms with E-state index in [9.17, 15) is 14.8 Å². The van der Waals surface area contributed by atoms with E-state index in [2.05, 4.69) is 25.1 Å². The van der Waals surface area contributed by atoms with Crippen LogP contribution in [0.4, 0.5) is 0 Å². The van der Waals surface area contributed by atoms with Crippen LogP contribution in [0.15, 0.2) is 16.8 Å². The van der Waals surface area contributed by atoms with Crippen molar-refractivity contribution in [3.8, 4) is 0 Å². The monoisotopic (exact) mass is 387 g/mol. The minimum Gasteiger partial charge on any atom is -0.463 e. The number of Topliss-reactive ketones (excluding diaryl/α,β-unsaturated/α-hetero) is 1. The molecule has 3 fully saturated rings. The van der Waals surface area contributed by atoms with Crippen molar-refractivity contribution in [2.45, 2.75) is 78.7 Å². The van der Waals surface area contributed by atoms with Gasteiger partial charge in [0.05, 0.1) is 5.71 Å². The zero-order valence-corrected chi connectivity index (χ0v) is 17.5. The van der Waals surface area contributed by atoms with Crippen LogP contribution in [0.1, 0.15) is 72.6 Å². The maximum Gasteiger partial charge on any atom is 0.302 e. The van der Waals surface area contributed by atoms with E-state index in [1.54, 1.807) is 0 Å². The van der Waals surface area contributed by atoms with Gasteiger partial charge >= 0.3 is 5.97 Å². The molecule has 4 rings (SSSR count). The molecule has 7 atom stereocenters. The standard InChI is InChI=1S/C23H33NO4/c1-13(24-27)18-7-8-19-17-6-5-15-11-16(28-14(2)25)9-10-22(15,3)21(17)20(26)12-23(18,19)4/h7,15-17,19,21,27H,5-6,8-12H2,1-4H3/b24-13-/t15-,16+,17-,19-,21+,22-,23+/m0/s1. The number of oxime groups is 1. The number of fused-ring (bicyclic) bond motifs is 5. The van der Waals surface area contributed by atoms with Gasteiger partial charge in [-0.2, -0.15) is 0 Å². The molecule has 0 spiro atoms. The molecule has 4 aliphatic carbocycles. The van der Waals surface area contributed by atoms with Crippen LogP contribution >= 0.6 is 0 Å². The Morgan fingerprint density at radius 3 is 2.68 bits per heavy atom. The molecule has 0 amide bonds. The van der Waals surface area contributed by atoms with E-state index in [4.69, 9.17) is 4.74 Å². The SMILES string of the molecule is CC(=O)O[C@@H]1CC[C@@]2(C)[C@@H](CC[C@@H]3[C@@H]2C(=O)C[C@]2(C)C(/C(C)=N\O)=CC[C@@H]32)C1. The molecule has 5 heteroatoms. The first kappa shape index (κ1) is 19.7. The van der Waals surface area contributed by atoms with Gasteiger partial charge in [0.1, 0.15) is 11.9 Å². The molecule has 0 aromatic heterocycles. The molecule has 0 bridgehead atoms. The van der Waals surface area contributed by atoms with Gasteiger partial charge in [-0.05, 0) is 74.2 Å². The van der Waals surface area contributed by atoms with Gasteiger partial charge in [-0.1, -0.05) is 25.1 Å². The average molecular weight is 388 g/mol.